The molecular formula is C7H10F2N2O. The van der Waals surface area contributed by atoms with Crippen LogP contribution >= 0.6 is 0 Å². The van der Waals surface area contributed by atoms with E-state index in [0.717, 1.165) is 4.68 Å². The summed E-state index contributed by atoms with van der Waals surface area (Å²) in [5, 5.41) is 12.8. The van der Waals surface area contributed by atoms with E-state index in [1.54, 1.807) is 6.92 Å². The van der Waals surface area contributed by atoms with E-state index >= 15 is 0 Å². The third kappa shape index (κ3) is 1.26. The summed E-state index contributed by atoms with van der Waals surface area (Å²) in [4.78, 5) is 0. The summed E-state index contributed by atoms with van der Waals surface area (Å²) >= 11 is 0. The number of hydrogen-bond acceptors (Lipinski definition) is 2. The quantitative estimate of drug-likeness (QED) is 0.746. The van der Waals surface area contributed by atoms with Gasteiger partial charge in [-0.1, -0.05) is 0 Å². The Morgan fingerprint density at radius 1 is 1.58 bits per heavy atom. The minimum Gasteiger partial charge on any atom is -0.493 e. The fraction of sp³-hybridized carbons (Fsp3) is 0.571. The molecule has 1 rings (SSSR count). The summed E-state index contributed by atoms with van der Waals surface area (Å²) in [5.74, 6) is -0.173. The van der Waals surface area contributed by atoms with Crippen molar-refractivity contribution in [2.45, 2.75) is 26.8 Å². The summed E-state index contributed by atoms with van der Waals surface area (Å²) in [5.41, 5.74) is -0.179. The molecule has 5 heteroatoms. The molecule has 0 aliphatic carbocycles. The lowest BCUT2D eigenvalue weighted by Gasteiger charge is -1.95. The number of aromatic nitrogens is 2. The van der Waals surface area contributed by atoms with Crippen LogP contribution < -0.4 is 0 Å². The number of hydrogen-bond donors (Lipinski definition) is 1. The van der Waals surface area contributed by atoms with Gasteiger partial charge in [0.2, 0.25) is 5.88 Å². The second-order valence-corrected chi connectivity index (χ2v) is 2.45. The van der Waals surface area contributed by atoms with Crippen molar-refractivity contribution >= 4 is 0 Å². The van der Waals surface area contributed by atoms with Crippen molar-refractivity contribution in [3.63, 3.8) is 0 Å². The lowest BCUT2D eigenvalue weighted by molar-refractivity contribution is 0.144. The molecule has 1 heterocycles. The van der Waals surface area contributed by atoms with Crippen LogP contribution in [-0.2, 0) is 6.54 Å². The van der Waals surface area contributed by atoms with Crippen LogP contribution in [-0.4, -0.2) is 14.9 Å². The summed E-state index contributed by atoms with van der Waals surface area (Å²) < 4.78 is 25.5. The second kappa shape index (κ2) is 3.08. The van der Waals surface area contributed by atoms with Crippen molar-refractivity contribution in [1.29, 1.82) is 0 Å². The molecule has 1 aromatic rings. The van der Waals surface area contributed by atoms with E-state index in [9.17, 15) is 13.9 Å². The van der Waals surface area contributed by atoms with Gasteiger partial charge < -0.3 is 5.11 Å². The fourth-order valence-corrected chi connectivity index (χ4v) is 0.988. The van der Waals surface area contributed by atoms with Gasteiger partial charge in [-0.3, -0.25) is 0 Å². The minimum atomic E-state index is -2.62. The van der Waals surface area contributed by atoms with Crippen molar-refractivity contribution in [1.82, 2.24) is 9.78 Å². The van der Waals surface area contributed by atoms with Crippen molar-refractivity contribution in [3.05, 3.63) is 11.3 Å². The lowest BCUT2D eigenvalue weighted by Crippen LogP contribution is -1.96. The van der Waals surface area contributed by atoms with E-state index in [1.807, 2.05) is 0 Å². The average molecular weight is 176 g/mol. The van der Waals surface area contributed by atoms with E-state index in [0.29, 0.717) is 6.54 Å². The Kier molecular flexibility index (Phi) is 2.30. The van der Waals surface area contributed by atoms with Crippen LogP contribution in [0.1, 0.15) is 24.6 Å². The highest BCUT2D eigenvalue weighted by Crippen LogP contribution is 2.27. The van der Waals surface area contributed by atoms with Crippen LogP contribution in [0.15, 0.2) is 0 Å². The molecule has 0 aliphatic rings. The van der Waals surface area contributed by atoms with Crippen LogP contribution in [0.25, 0.3) is 0 Å². The Bertz CT molecular complexity index is 283. The maximum Gasteiger partial charge on any atom is 0.282 e. The molecule has 68 valence electrons. The number of rotatable bonds is 2. The number of alkyl halides is 2. The van der Waals surface area contributed by atoms with Gasteiger partial charge in [0.25, 0.3) is 6.43 Å². The molecule has 0 saturated carbocycles. The first-order valence-electron chi connectivity index (χ1n) is 3.62. The first-order valence-corrected chi connectivity index (χ1v) is 3.62. The zero-order valence-corrected chi connectivity index (χ0v) is 6.88. The van der Waals surface area contributed by atoms with E-state index in [-0.39, 0.29) is 17.1 Å². The molecule has 0 atom stereocenters. The van der Waals surface area contributed by atoms with Crippen LogP contribution in [0.3, 0.4) is 0 Å². The molecule has 1 N–H and O–H groups in total. The summed E-state index contributed by atoms with van der Waals surface area (Å²) in [7, 11) is 0. The number of aryl methyl sites for hydroxylation is 1. The average Bonchev–Trinajstić information content (AvgIpc) is 2.30. The second-order valence-electron chi connectivity index (χ2n) is 2.45. The van der Waals surface area contributed by atoms with Gasteiger partial charge >= 0.3 is 0 Å². The SMILES string of the molecule is CCn1nc(C(F)F)c(C)c1O. The Balaban J connectivity index is 3.16. The molecule has 1 aromatic heterocycles. The first kappa shape index (κ1) is 8.96. The highest BCUT2D eigenvalue weighted by atomic mass is 19.3. The normalized spacial score (nSPS) is 11.1. The molecule has 0 amide bonds. The smallest absolute Gasteiger partial charge is 0.282 e. The molecule has 0 saturated heterocycles. The Morgan fingerprint density at radius 3 is 2.42 bits per heavy atom. The maximum atomic E-state index is 12.2. The Labute approximate surface area is 68.6 Å². The van der Waals surface area contributed by atoms with Gasteiger partial charge in [-0.15, -0.1) is 0 Å². The van der Waals surface area contributed by atoms with Crippen molar-refractivity contribution < 1.29 is 13.9 Å². The van der Waals surface area contributed by atoms with Crippen LogP contribution in [0, 0.1) is 6.92 Å². The first-order chi connectivity index (χ1) is 5.57. The van der Waals surface area contributed by atoms with Gasteiger partial charge in [0, 0.05) is 12.1 Å². The van der Waals surface area contributed by atoms with Gasteiger partial charge in [0.1, 0.15) is 5.69 Å². The van der Waals surface area contributed by atoms with Crippen molar-refractivity contribution in [2.24, 2.45) is 0 Å². The molecule has 0 bridgehead atoms. The number of nitrogens with zero attached hydrogens (tertiary/aromatic N) is 2. The standard InChI is InChI=1S/C7H10F2N2O/c1-3-11-7(12)4(2)5(10-11)6(8)9/h6,12H,3H2,1-2H3. The van der Waals surface area contributed by atoms with Crippen LogP contribution in [0.5, 0.6) is 5.88 Å². The molecule has 0 aliphatic heterocycles. The molecule has 0 spiro atoms. The topological polar surface area (TPSA) is 38.0 Å². The monoisotopic (exact) mass is 176 g/mol. The molecule has 3 nitrogen and oxygen atoms in total. The minimum absolute atomic E-state index is 0.159. The summed E-state index contributed by atoms with van der Waals surface area (Å²) in [6.07, 6.45) is -2.62. The van der Waals surface area contributed by atoms with Crippen molar-refractivity contribution in [2.75, 3.05) is 0 Å². The summed E-state index contributed by atoms with van der Waals surface area (Å²) in [6.45, 7) is 3.54. The molecule has 0 unspecified atom stereocenters. The maximum absolute atomic E-state index is 12.2. The van der Waals surface area contributed by atoms with Gasteiger partial charge in [0.05, 0.1) is 0 Å². The molecule has 12 heavy (non-hydrogen) atoms. The third-order valence-electron chi connectivity index (χ3n) is 1.70. The number of aromatic hydroxyl groups is 1. The van der Waals surface area contributed by atoms with Gasteiger partial charge in [0.15, 0.2) is 0 Å². The molecule has 0 fully saturated rings. The third-order valence-corrected chi connectivity index (χ3v) is 1.70. The predicted octanol–water partition coefficient (Wildman–Crippen LogP) is 1.85. The molecule has 0 aromatic carbocycles. The van der Waals surface area contributed by atoms with Crippen molar-refractivity contribution in [3.8, 4) is 5.88 Å². The predicted molar refractivity (Wildman–Crippen MR) is 39.3 cm³/mol. The Hall–Kier alpha value is -1.13. The van der Waals surface area contributed by atoms with E-state index in [2.05, 4.69) is 5.10 Å². The van der Waals surface area contributed by atoms with Gasteiger partial charge in [-0.2, -0.15) is 5.10 Å². The fourth-order valence-electron chi connectivity index (χ4n) is 0.988. The zero-order chi connectivity index (χ0) is 9.30. The van der Waals surface area contributed by atoms with Gasteiger partial charge in [-0.05, 0) is 13.8 Å². The van der Waals surface area contributed by atoms with E-state index in [4.69, 9.17) is 0 Å². The van der Waals surface area contributed by atoms with Gasteiger partial charge in [-0.25, -0.2) is 13.5 Å². The highest BCUT2D eigenvalue weighted by molar-refractivity contribution is 5.29. The Morgan fingerprint density at radius 2 is 2.17 bits per heavy atom. The summed E-state index contributed by atoms with van der Waals surface area (Å²) in [6, 6.07) is 0. The highest BCUT2D eigenvalue weighted by Gasteiger charge is 2.19. The van der Waals surface area contributed by atoms with Crippen LogP contribution in [0.4, 0.5) is 8.78 Å². The zero-order valence-electron chi connectivity index (χ0n) is 6.88. The largest absolute Gasteiger partial charge is 0.493 e. The van der Waals surface area contributed by atoms with E-state index in [1.165, 1.54) is 6.92 Å². The number of halogens is 2. The van der Waals surface area contributed by atoms with E-state index < -0.39 is 6.43 Å². The molecular weight excluding hydrogens is 166 g/mol. The lowest BCUT2D eigenvalue weighted by atomic mass is 10.3. The molecule has 0 radical (unpaired) electrons. The van der Waals surface area contributed by atoms with Crippen LogP contribution in [0.2, 0.25) is 0 Å².